The lowest BCUT2D eigenvalue weighted by atomic mass is 10.2. The molecular weight excluding hydrogens is 300 g/mol. The molecule has 0 atom stereocenters. The molecule has 5 nitrogen and oxygen atoms in total. The summed E-state index contributed by atoms with van der Waals surface area (Å²) in [5, 5.41) is 4.66. The van der Waals surface area contributed by atoms with Gasteiger partial charge in [-0.2, -0.15) is 0 Å². The summed E-state index contributed by atoms with van der Waals surface area (Å²) in [5.74, 6) is -0.880. The van der Waals surface area contributed by atoms with Gasteiger partial charge in [0.15, 0.2) is 0 Å². The summed E-state index contributed by atoms with van der Waals surface area (Å²) in [6, 6.07) is 6.13. The van der Waals surface area contributed by atoms with E-state index in [4.69, 9.17) is 17.3 Å². The number of benzene rings is 1. The molecule has 1 aromatic carbocycles. The van der Waals surface area contributed by atoms with Crippen LogP contribution < -0.4 is 11.1 Å². The number of hydrogen-bond acceptors (Lipinski definition) is 5. The number of carbonyl (C=O) groups excluding carboxylic acids is 2. The van der Waals surface area contributed by atoms with Gasteiger partial charge in [-0.05, 0) is 29.6 Å². The molecule has 0 aliphatic rings. The Hall–Kier alpha value is -2.05. The Morgan fingerprint density at radius 1 is 1.35 bits per heavy atom. The summed E-state index contributed by atoms with van der Waals surface area (Å²) < 4.78 is 4.61. The number of esters is 1. The van der Waals surface area contributed by atoms with Gasteiger partial charge in [0, 0.05) is 0 Å². The van der Waals surface area contributed by atoms with Crippen LogP contribution in [0.3, 0.4) is 0 Å². The van der Waals surface area contributed by atoms with Gasteiger partial charge in [-0.25, -0.2) is 4.79 Å². The highest BCUT2D eigenvalue weighted by molar-refractivity contribution is 7.12. The molecular formula is C13H11ClN2O3S. The van der Waals surface area contributed by atoms with Gasteiger partial charge in [0.05, 0.1) is 29.1 Å². The van der Waals surface area contributed by atoms with Gasteiger partial charge in [0.25, 0.3) is 5.91 Å². The highest BCUT2D eigenvalue weighted by Crippen LogP contribution is 2.26. The smallest absolute Gasteiger partial charge is 0.337 e. The van der Waals surface area contributed by atoms with Crippen molar-refractivity contribution in [3.8, 4) is 0 Å². The molecule has 104 valence electrons. The third-order valence-corrected chi connectivity index (χ3v) is 3.80. The zero-order valence-electron chi connectivity index (χ0n) is 10.5. The van der Waals surface area contributed by atoms with E-state index in [0.717, 1.165) is 0 Å². The van der Waals surface area contributed by atoms with Crippen molar-refractivity contribution >= 4 is 46.2 Å². The van der Waals surface area contributed by atoms with Crippen molar-refractivity contribution in [2.24, 2.45) is 0 Å². The van der Waals surface area contributed by atoms with Gasteiger partial charge >= 0.3 is 5.97 Å². The molecule has 0 bridgehead atoms. The maximum Gasteiger partial charge on any atom is 0.337 e. The van der Waals surface area contributed by atoms with E-state index in [1.54, 1.807) is 11.4 Å². The molecule has 0 saturated heterocycles. The van der Waals surface area contributed by atoms with Gasteiger partial charge < -0.3 is 15.8 Å². The normalized spacial score (nSPS) is 10.1. The first-order chi connectivity index (χ1) is 9.52. The molecule has 20 heavy (non-hydrogen) atoms. The second-order valence-electron chi connectivity index (χ2n) is 3.85. The second-order valence-corrected chi connectivity index (χ2v) is 5.17. The SMILES string of the molecule is COC(=O)c1ccc(Cl)c(NC(=O)c2sccc2N)c1. The highest BCUT2D eigenvalue weighted by Gasteiger charge is 2.15. The number of rotatable bonds is 3. The van der Waals surface area contributed by atoms with Crippen molar-refractivity contribution in [2.45, 2.75) is 0 Å². The molecule has 0 aliphatic heterocycles. The van der Waals surface area contributed by atoms with Crippen molar-refractivity contribution in [2.75, 3.05) is 18.2 Å². The minimum absolute atomic E-state index is 0.298. The number of nitrogen functional groups attached to an aromatic ring is 1. The van der Waals surface area contributed by atoms with E-state index < -0.39 is 5.97 Å². The van der Waals surface area contributed by atoms with E-state index in [0.29, 0.717) is 26.8 Å². The van der Waals surface area contributed by atoms with Crippen LogP contribution in [0.15, 0.2) is 29.6 Å². The molecule has 1 amide bonds. The molecule has 1 aromatic heterocycles. The number of methoxy groups -OCH3 is 1. The van der Waals surface area contributed by atoms with Crippen LogP contribution >= 0.6 is 22.9 Å². The topological polar surface area (TPSA) is 81.4 Å². The largest absolute Gasteiger partial charge is 0.465 e. The van der Waals surface area contributed by atoms with Gasteiger partial charge in [-0.1, -0.05) is 11.6 Å². The lowest BCUT2D eigenvalue weighted by molar-refractivity contribution is 0.0600. The Balaban J connectivity index is 2.27. The summed E-state index contributed by atoms with van der Waals surface area (Å²) in [6.45, 7) is 0. The lowest BCUT2D eigenvalue weighted by Gasteiger charge is -2.08. The summed E-state index contributed by atoms with van der Waals surface area (Å²) in [7, 11) is 1.28. The van der Waals surface area contributed by atoms with E-state index in [2.05, 4.69) is 10.1 Å². The number of ether oxygens (including phenoxy) is 1. The zero-order valence-corrected chi connectivity index (χ0v) is 12.0. The molecule has 0 unspecified atom stereocenters. The molecule has 2 rings (SSSR count). The Labute approximate surface area is 124 Å². The fourth-order valence-corrected chi connectivity index (χ4v) is 2.43. The number of hydrogen-bond donors (Lipinski definition) is 2. The predicted molar refractivity (Wildman–Crippen MR) is 79.5 cm³/mol. The number of nitrogens with one attached hydrogen (secondary N) is 1. The number of thiophene rings is 1. The molecule has 2 aromatic rings. The van der Waals surface area contributed by atoms with Gasteiger partial charge in [0.2, 0.25) is 0 Å². The van der Waals surface area contributed by atoms with Crippen LogP contribution in [0.5, 0.6) is 0 Å². The van der Waals surface area contributed by atoms with Crippen LogP contribution in [0.25, 0.3) is 0 Å². The van der Waals surface area contributed by atoms with Gasteiger partial charge in [0.1, 0.15) is 4.88 Å². The first-order valence-electron chi connectivity index (χ1n) is 5.55. The van der Waals surface area contributed by atoms with Crippen LogP contribution in [0, 0.1) is 0 Å². The zero-order chi connectivity index (χ0) is 14.7. The van der Waals surface area contributed by atoms with Crippen LogP contribution in [0.2, 0.25) is 5.02 Å². The highest BCUT2D eigenvalue weighted by atomic mass is 35.5. The molecule has 0 saturated carbocycles. The quantitative estimate of drug-likeness (QED) is 0.854. The predicted octanol–water partition coefficient (Wildman–Crippen LogP) is 3.02. The minimum Gasteiger partial charge on any atom is -0.465 e. The average molecular weight is 311 g/mol. The van der Waals surface area contributed by atoms with Crippen molar-refractivity contribution < 1.29 is 14.3 Å². The van der Waals surface area contributed by atoms with E-state index in [1.165, 1.54) is 36.6 Å². The van der Waals surface area contributed by atoms with Crippen LogP contribution in [0.1, 0.15) is 20.0 Å². The first kappa shape index (κ1) is 14.4. The standard InChI is InChI=1S/C13H11ClN2O3S/c1-19-13(18)7-2-3-8(14)10(6-7)16-12(17)11-9(15)4-5-20-11/h2-6H,15H2,1H3,(H,16,17). The lowest BCUT2D eigenvalue weighted by Crippen LogP contribution is -2.13. The molecule has 0 spiro atoms. The summed E-state index contributed by atoms with van der Waals surface area (Å²) in [4.78, 5) is 23.9. The fourth-order valence-electron chi connectivity index (χ4n) is 1.55. The number of halogens is 1. The van der Waals surface area contributed by atoms with Crippen molar-refractivity contribution in [3.63, 3.8) is 0 Å². The molecule has 0 fully saturated rings. The molecule has 0 radical (unpaired) electrons. The van der Waals surface area contributed by atoms with Gasteiger partial charge in [-0.15, -0.1) is 11.3 Å². The fraction of sp³-hybridized carbons (Fsp3) is 0.0769. The molecule has 3 N–H and O–H groups in total. The Bertz CT molecular complexity index is 669. The Kier molecular flexibility index (Phi) is 4.26. The first-order valence-corrected chi connectivity index (χ1v) is 6.81. The number of nitrogens with two attached hydrogens (primary N) is 1. The summed E-state index contributed by atoms with van der Waals surface area (Å²) >= 11 is 7.22. The Morgan fingerprint density at radius 2 is 2.10 bits per heavy atom. The number of anilines is 2. The maximum atomic E-state index is 12.0. The van der Waals surface area contributed by atoms with Crippen molar-refractivity contribution in [1.82, 2.24) is 0 Å². The van der Waals surface area contributed by atoms with Crippen LogP contribution in [-0.2, 0) is 4.74 Å². The monoisotopic (exact) mass is 310 g/mol. The molecule has 0 aliphatic carbocycles. The molecule has 7 heteroatoms. The maximum absolute atomic E-state index is 12.0. The van der Waals surface area contributed by atoms with Crippen LogP contribution in [0.4, 0.5) is 11.4 Å². The van der Waals surface area contributed by atoms with Gasteiger partial charge in [-0.3, -0.25) is 4.79 Å². The number of carbonyl (C=O) groups is 2. The van der Waals surface area contributed by atoms with Crippen LogP contribution in [-0.4, -0.2) is 19.0 Å². The van der Waals surface area contributed by atoms with E-state index in [-0.39, 0.29) is 5.91 Å². The molecule has 1 heterocycles. The summed E-state index contributed by atoms with van der Waals surface area (Å²) in [5.41, 5.74) is 6.70. The summed E-state index contributed by atoms with van der Waals surface area (Å²) in [6.07, 6.45) is 0. The second kappa shape index (κ2) is 5.94. The average Bonchev–Trinajstić information content (AvgIpc) is 2.86. The number of amides is 1. The van der Waals surface area contributed by atoms with E-state index in [9.17, 15) is 9.59 Å². The van der Waals surface area contributed by atoms with E-state index >= 15 is 0 Å². The Morgan fingerprint density at radius 3 is 2.70 bits per heavy atom. The third kappa shape index (κ3) is 2.92. The van der Waals surface area contributed by atoms with Crippen molar-refractivity contribution in [1.29, 1.82) is 0 Å². The minimum atomic E-state index is -0.507. The van der Waals surface area contributed by atoms with Crippen molar-refractivity contribution in [3.05, 3.63) is 45.1 Å². The third-order valence-electron chi connectivity index (χ3n) is 2.54. The van der Waals surface area contributed by atoms with E-state index in [1.807, 2.05) is 0 Å².